The summed E-state index contributed by atoms with van der Waals surface area (Å²) in [5.41, 5.74) is 2.35. The second-order valence-corrected chi connectivity index (χ2v) is 9.05. The van der Waals surface area contributed by atoms with Gasteiger partial charge in [0.2, 0.25) is 15.9 Å². The highest BCUT2D eigenvalue weighted by molar-refractivity contribution is 7.92. The van der Waals surface area contributed by atoms with Gasteiger partial charge in [-0.25, -0.2) is 8.42 Å². The minimum absolute atomic E-state index is 0.258. The predicted molar refractivity (Wildman–Crippen MR) is 109 cm³/mol. The second-order valence-electron chi connectivity index (χ2n) is 7.19. The first-order valence-corrected chi connectivity index (χ1v) is 11.3. The number of hydrogen-bond donors (Lipinski definition) is 1. The molecule has 148 valence electrons. The maximum Gasteiger partial charge on any atom is 0.243 e. The number of sulfonamides is 1. The normalized spacial score (nSPS) is 13.9. The van der Waals surface area contributed by atoms with E-state index in [2.05, 4.69) is 19.2 Å². The number of nitrogens with one attached hydrogen (secondary N) is 1. The molecule has 0 aliphatic carbocycles. The molecule has 0 bridgehead atoms. The van der Waals surface area contributed by atoms with Gasteiger partial charge in [-0.15, -0.1) is 0 Å². The summed E-state index contributed by atoms with van der Waals surface area (Å²) in [4.78, 5) is 12.7. The highest BCUT2D eigenvalue weighted by atomic mass is 32.2. The van der Waals surface area contributed by atoms with E-state index in [4.69, 9.17) is 0 Å². The molecule has 0 aliphatic heterocycles. The van der Waals surface area contributed by atoms with Crippen molar-refractivity contribution in [3.63, 3.8) is 0 Å². The molecule has 5 nitrogen and oxygen atoms in total. The molecule has 1 aromatic rings. The van der Waals surface area contributed by atoms with Crippen molar-refractivity contribution in [1.29, 1.82) is 0 Å². The van der Waals surface area contributed by atoms with E-state index in [0.717, 1.165) is 43.1 Å². The van der Waals surface area contributed by atoms with Gasteiger partial charge in [0, 0.05) is 6.54 Å². The minimum atomic E-state index is -3.59. The molecular formula is C20H34N2O3S. The minimum Gasteiger partial charge on any atom is -0.354 e. The van der Waals surface area contributed by atoms with E-state index in [1.165, 1.54) is 4.31 Å². The first kappa shape index (κ1) is 22.5. The molecule has 0 spiro atoms. The van der Waals surface area contributed by atoms with Gasteiger partial charge in [-0.2, -0.15) is 0 Å². The Bertz CT molecular complexity index is 701. The SMILES string of the molecule is CCCC[C@@H](CC)CNC(=O)[C@H](C)N(c1cc(C)ccc1C)S(C)(=O)=O. The van der Waals surface area contributed by atoms with E-state index in [1.807, 2.05) is 32.0 Å². The zero-order valence-corrected chi connectivity index (χ0v) is 17.8. The maximum absolute atomic E-state index is 12.7. The number of anilines is 1. The largest absolute Gasteiger partial charge is 0.354 e. The number of nitrogens with zero attached hydrogens (tertiary/aromatic N) is 1. The Kier molecular flexibility index (Phi) is 8.60. The number of unbranched alkanes of at least 4 members (excludes halogenated alkanes) is 1. The third-order valence-electron chi connectivity index (χ3n) is 4.80. The lowest BCUT2D eigenvalue weighted by molar-refractivity contribution is -0.122. The van der Waals surface area contributed by atoms with Gasteiger partial charge >= 0.3 is 0 Å². The Hall–Kier alpha value is -1.56. The van der Waals surface area contributed by atoms with Crippen LogP contribution in [-0.4, -0.2) is 33.2 Å². The summed E-state index contributed by atoms with van der Waals surface area (Å²) >= 11 is 0. The van der Waals surface area contributed by atoms with Crippen molar-refractivity contribution >= 4 is 21.6 Å². The van der Waals surface area contributed by atoms with Gasteiger partial charge in [0.1, 0.15) is 6.04 Å². The number of aryl methyl sites for hydroxylation is 2. The lowest BCUT2D eigenvalue weighted by atomic mass is 9.99. The van der Waals surface area contributed by atoms with Crippen LogP contribution in [0.3, 0.4) is 0 Å². The average Bonchev–Trinajstić information content (AvgIpc) is 2.56. The zero-order valence-electron chi connectivity index (χ0n) is 17.0. The molecule has 1 rings (SSSR count). The molecule has 26 heavy (non-hydrogen) atoms. The van der Waals surface area contributed by atoms with E-state index in [0.29, 0.717) is 18.2 Å². The predicted octanol–water partition coefficient (Wildman–Crippen LogP) is 3.79. The smallest absolute Gasteiger partial charge is 0.243 e. The molecule has 6 heteroatoms. The Morgan fingerprint density at radius 2 is 1.88 bits per heavy atom. The van der Waals surface area contributed by atoms with Crippen molar-refractivity contribution in [1.82, 2.24) is 5.32 Å². The molecule has 0 saturated heterocycles. The number of carbonyl (C=O) groups excluding carboxylic acids is 1. The molecule has 0 fully saturated rings. The molecule has 0 aliphatic rings. The summed E-state index contributed by atoms with van der Waals surface area (Å²) in [5, 5.41) is 2.95. The fourth-order valence-electron chi connectivity index (χ4n) is 3.07. The highest BCUT2D eigenvalue weighted by Crippen LogP contribution is 2.26. The van der Waals surface area contributed by atoms with Crippen molar-refractivity contribution in [3.8, 4) is 0 Å². The summed E-state index contributed by atoms with van der Waals surface area (Å²) in [7, 11) is -3.59. The highest BCUT2D eigenvalue weighted by Gasteiger charge is 2.30. The Labute approximate surface area is 159 Å². The molecule has 2 atom stereocenters. The van der Waals surface area contributed by atoms with Crippen molar-refractivity contribution < 1.29 is 13.2 Å². The van der Waals surface area contributed by atoms with Crippen LogP contribution in [0.1, 0.15) is 57.6 Å². The molecule has 0 aromatic heterocycles. The van der Waals surface area contributed by atoms with Crippen LogP contribution in [0.15, 0.2) is 18.2 Å². The monoisotopic (exact) mass is 382 g/mol. The molecule has 1 aromatic carbocycles. The topological polar surface area (TPSA) is 66.5 Å². The van der Waals surface area contributed by atoms with Crippen LogP contribution in [-0.2, 0) is 14.8 Å². The molecule has 1 amide bonds. The zero-order chi connectivity index (χ0) is 19.9. The van der Waals surface area contributed by atoms with Crippen molar-refractivity contribution in [2.75, 3.05) is 17.1 Å². The van der Waals surface area contributed by atoms with Gasteiger partial charge in [0.15, 0.2) is 0 Å². The molecule has 1 N–H and O–H groups in total. The third kappa shape index (κ3) is 6.31. The summed E-state index contributed by atoms with van der Waals surface area (Å²) in [5.74, 6) is 0.171. The van der Waals surface area contributed by atoms with Crippen LogP contribution in [0.5, 0.6) is 0 Å². The number of rotatable bonds is 10. The van der Waals surface area contributed by atoms with Crippen molar-refractivity contribution in [3.05, 3.63) is 29.3 Å². The van der Waals surface area contributed by atoms with E-state index >= 15 is 0 Å². The molecule has 0 heterocycles. The van der Waals surface area contributed by atoms with Crippen molar-refractivity contribution in [2.24, 2.45) is 5.92 Å². The van der Waals surface area contributed by atoms with Crippen LogP contribution >= 0.6 is 0 Å². The van der Waals surface area contributed by atoms with Gasteiger partial charge in [-0.1, -0.05) is 45.2 Å². The van der Waals surface area contributed by atoms with Crippen LogP contribution < -0.4 is 9.62 Å². The Morgan fingerprint density at radius 1 is 1.23 bits per heavy atom. The summed E-state index contributed by atoms with van der Waals surface area (Å²) in [6.07, 6.45) is 5.50. The van der Waals surface area contributed by atoms with Crippen LogP contribution in [0.2, 0.25) is 0 Å². The fourth-order valence-corrected chi connectivity index (χ4v) is 4.30. The summed E-state index contributed by atoms with van der Waals surface area (Å²) in [6.45, 7) is 10.3. The third-order valence-corrected chi connectivity index (χ3v) is 6.03. The molecule has 0 radical (unpaired) electrons. The average molecular weight is 383 g/mol. The van der Waals surface area contributed by atoms with Crippen LogP contribution in [0.4, 0.5) is 5.69 Å². The van der Waals surface area contributed by atoms with E-state index in [-0.39, 0.29) is 5.91 Å². The first-order valence-electron chi connectivity index (χ1n) is 9.46. The van der Waals surface area contributed by atoms with E-state index < -0.39 is 16.1 Å². The summed E-state index contributed by atoms with van der Waals surface area (Å²) < 4.78 is 26.1. The number of hydrogen-bond acceptors (Lipinski definition) is 3. The van der Waals surface area contributed by atoms with Gasteiger partial charge in [-0.3, -0.25) is 9.10 Å². The van der Waals surface area contributed by atoms with E-state index in [9.17, 15) is 13.2 Å². The number of carbonyl (C=O) groups is 1. The van der Waals surface area contributed by atoms with Crippen LogP contribution in [0, 0.1) is 19.8 Å². The second kappa shape index (κ2) is 9.95. The van der Waals surface area contributed by atoms with Crippen LogP contribution in [0.25, 0.3) is 0 Å². The maximum atomic E-state index is 12.7. The van der Waals surface area contributed by atoms with Gasteiger partial charge in [0.05, 0.1) is 11.9 Å². The number of benzene rings is 1. The lowest BCUT2D eigenvalue weighted by Gasteiger charge is -2.30. The Balaban J connectivity index is 2.98. The van der Waals surface area contributed by atoms with E-state index in [1.54, 1.807) is 6.92 Å². The standard InChI is InChI=1S/C20H34N2O3S/c1-7-9-10-18(8-2)14-21-20(23)17(5)22(26(6,24)25)19-13-15(3)11-12-16(19)4/h11-13,17-18H,7-10,14H2,1-6H3,(H,21,23)/t17-,18+/m0/s1. The lowest BCUT2D eigenvalue weighted by Crippen LogP contribution is -2.49. The number of amides is 1. The first-order chi connectivity index (χ1) is 12.1. The van der Waals surface area contributed by atoms with Gasteiger partial charge in [0.25, 0.3) is 0 Å². The quantitative estimate of drug-likeness (QED) is 0.669. The van der Waals surface area contributed by atoms with Gasteiger partial charge in [-0.05, 0) is 50.3 Å². The van der Waals surface area contributed by atoms with Crippen molar-refractivity contribution in [2.45, 2.75) is 66.3 Å². The molecule has 0 unspecified atom stereocenters. The molecular weight excluding hydrogens is 348 g/mol. The Morgan fingerprint density at radius 3 is 2.42 bits per heavy atom. The summed E-state index contributed by atoms with van der Waals surface area (Å²) in [6, 6.07) is 4.83. The van der Waals surface area contributed by atoms with Gasteiger partial charge < -0.3 is 5.32 Å². The molecule has 0 saturated carbocycles. The fraction of sp³-hybridized carbons (Fsp3) is 0.650.